The molecule has 0 amide bonds. The van der Waals surface area contributed by atoms with E-state index in [4.69, 9.17) is 0 Å². The summed E-state index contributed by atoms with van der Waals surface area (Å²) < 4.78 is 13.6. The topological polar surface area (TPSA) is 0 Å². The Morgan fingerprint density at radius 3 is 2.05 bits per heavy atom. The standard InChI is InChI=1S/C21H21F/c1-13-5-6-17(12-20(13)22)7-8-18-9-15(3)21(16(4)10-18)19-11-14(19)2/h5-6,9-10,12,14,19H,11H2,1-4H3. The molecular formula is C21H21F. The SMILES string of the molecule is Cc1ccc(C#Cc2cc(C)c(C3CC3C)c(C)c2)cc1F. The van der Waals surface area contributed by atoms with Crippen LogP contribution in [0.15, 0.2) is 30.3 Å². The first-order valence-corrected chi connectivity index (χ1v) is 7.85. The third kappa shape index (κ3) is 2.92. The second-order valence-corrected chi connectivity index (χ2v) is 6.56. The molecule has 0 nitrogen and oxygen atoms in total. The minimum absolute atomic E-state index is 0.197. The van der Waals surface area contributed by atoms with E-state index in [1.807, 2.05) is 6.07 Å². The normalized spacial score (nSPS) is 19.5. The molecule has 0 aromatic heterocycles. The molecule has 2 unspecified atom stereocenters. The van der Waals surface area contributed by atoms with E-state index in [2.05, 4.69) is 44.7 Å². The van der Waals surface area contributed by atoms with E-state index in [0.717, 1.165) is 23.0 Å². The molecular weight excluding hydrogens is 271 g/mol. The zero-order chi connectivity index (χ0) is 15.9. The summed E-state index contributed by atoms with van der Waals surface area (Å²) in [5.74, 6) is 7.58. The van der Waals surface area contributed by atoms with E-state index in [1.165, 1.54) is 29.2 Å². The molecule has 112 valence electrons. The van der Waals surface area contributed by atoms with Gasteiger partial charge in [-0.25, -0.2) is 4.39 Å². The summed E-state index contributed by atoms with van der Waals surface area (Å²) in [7, 11) is 0. The highest BCUT2D eigenvalue weighted by Crippen LogP contribution is 2.49. The zero-order valence-electron chi connectivity index (χ0n) is 13.6. The summed E-state index contributed by atoms with van der Waals surface area (Å²) in [4.78, 5) is 0. The molecule has 2 aromatic carbocycles. The van der Waals surface area contributed by atoms with Gasteiger partial charge in [0, 0.05) is 11.1 Å². The van der Waals surface area contributed by atoms with Gasteiger partial charge in [0.2, 0.25) is 0 Å². The van der Waals surface area contributed by atoms with Gasteiger partial charge in [0.15, 0.2) is 0 Å². The largest absolute Gasteiger partial charge is 0.207 e. The Morgan fingerprint density at radius 1 is 0.909 bits per heavy atom. The van der Waals surface area contributed by atoms with Crippen LogP contribution in [0.4, 0.5) is 4.39 Å². The maximum Gasteiger partial charge on any atom is 0.127 e. The first-order valence-electron chi connectivity index (χ1n) is 7.85. The van der Waals surface area contributed by atoms with Gasteiger partial charge in [-0.2, -0.15) is 0 Å². The van der Waals surface area contributed by atoms with Crippen LogP contribution in [-0.4, -0.2) is 0 Å². The predicted octanol–water partition coefficient (Wildman–Crippen LogP) is 5.27. The molecule has 0 aliphatic heterocycles. The Kier molecular flexibility index (Phi) is 3.79. The number of rotatable bonds is 1. The smallest absolute Gasteiger partial charge is 0.127 e. The molecule has 0 saturated heterocycles. The summed E-state index contributed by atoms with van der Waals surface area (Å²) in [6, 6.07) is 9.46. The highest BCUT2D eigenvalue weighted by atomic mass is 19.1. The number of hydrogen-bond acceptors (Lipinski definition) is 0. The predicted molar refractivity (Wildman–Crippen MR) is 89.6 cm³/mol. The van der Waals surface area contributed by atoms with Crippen LogP contribution >= 0.6 is 0 Å². The Labute approximate surface area is 132 Å². The van der Waals surface area contributed by atoms with Crippen LogP contribution in [0, 0.1) is 44.3 Å². The average molecular weight is 292 g/mol. The van der Waals surface area contributed by atoms with Crippen LogP contribution in [0.3, 0.4) is 0 Å². The first-order chi connectivity index (χ1) is 10.5. The van der Waals surface area contributed by atoms with Crippen molar-refractivity contribution in [2.24, 2.45) is 5.92 Å². The van der Waals surface area contributed by atoms with Crippen LogP contribution in [0.2, 0.25) is 0 Å². The third-order valence-corrected chi connectivity index (χ3v) is 4.60. The molecule has 0 radical (unpaired) electrons. The van der Waals surface area contributed by atoms with Gasteiger partial charge in [-0.05, 0) is 85.5 Å². The van der Waals surface area contributed by atoms with Crippen LogP contribution in [0.25, 0.3) is 0 Å². The van der Waals surface area contributed by atoms with Crippen molar-refractivity contribution in [2.45, 2.75) is 40.0 Å². The van der Waals surface area contributed by atoms with E-state index < -0.39 is 0 Å². The summed E-state index contributed by atoms with van der Waals surface area (Å²) in [6.07, 6.45) is 1.30. The van der Waals surface area contributed by atoms with Gasteiger partial charge in [-0.1, -0.05) is 24.8 Å². The number of aryl methyl sites for hydroxylation is 3. The molecule has 1 aliphatic carbocycles. The van der Waals surface area contributed by atoms with E-state index in [-0.39, 0.29) is 5.82 Å². The fourth-order valence-electron chi connectivity index (χ4n) is 3.17. The molecule has 3 rings (SSSR count). The number of hydrogen-bond donors (Lipinski definition) is 0. The molecule has 1 fully saturated rings. The van der Waals surface area contributed by atoms with E-state index in [1.54, 1.807) is 13.0 Å². The maximum absolute atomic E-state index is 13.6. The molecule has 2 aromatic rings. The van der Waals surface area contributed by atoms with E-state index in [9.17, 15) is 4.39 Å². The van der Waals surface area contributed by atoms with Crippen molar-refractivity contribution in [1.29, 1.82) is 0 Å². The molecule has 0 heterocycles. The van der Waals surface area contributed by atoms with E-state index >= 15 is 0 Å². The molecule has 1 heteroatoms. The fraction of sp³-hybridized carbons (Fsp3) is 0.333. The van der Waals surface area contributed by atoms with Gasteiger partial charge >= 0.3 is 0 Å². The van der Waals surface area contributed by atoms with Crippen molar-refractivity contribution < 1.29 is 4.39 Å². The van der Waals surface area contributed by atoms with Crippen molar-refractivity contribution in [3.05, 3.63) is 69.5 Å². The Morgan fingerprint density at radius 2 is 1.50 bits per heavy atom. The maximum atomic E-state index is 13.6. The molecule has 2 atom stereocenters. The van der Waals surface area contributed by atoms with Gasteiger partial charge in [0.05, 0.1) is 0 Å². The lowest BCUT2D eigenvalue weighted by atomic mass is 9.95. The lowest BCUT2D eigenvalue weighted by Crippen LogP contribution is -1.94. The van der Waals surface area contributed by atoms with E-state index in [0.29, 0.717) is 5.56 Å². The quantitative estimate of drug-likeness (QED) is 0.628. The van der Waals surface area contributed by atoms with Crippen LogP contribution in [0.5, 0.6) is 0 Å². The minimum Gasteiger partial charge on any atom is -0.207 e. The fourth-order valence-corrected chi connectivity index (χ4v) is 3.17. The van der Waals surface area contributed by atoms with Crippen molar-refractivity contribution in [3.63, 3.8) is 0 Å². The van der Waals surface area contributed by atoms with Crippen LogP contribution in [-0.2, 0) is 0 Å². The van der Waals surface area contributed by atoms with Gasteiger partial charge in [-0.3, -0.25) is 0 Å². The second-order valence-electron chi connectivity index (χ2n) is 6.56. The second kappa shape index (κ2) is 5.61. The average Bonchev–Trinajstić information content (AvgIpc) is 3.16. The minimum atomic E-state index is -0.197. The first kappa shape index (κ1) is 14.9. The molecule has 0 N–H and O–H groups in total. The molecule has 0 bridgehead atoms. The van der Waals surface area contributed by atoms with Gasteiger partial charge in [-0.15, -0.1) is 0 Å². The summed E-state index contributed by atoms with van der Waals surface area (Å²) in [5, 5.41) is 0. The number of halogens is 1. The lowest BCUT2D eigenvalue weighted by molar-refractivity contribution is 0.618. The summed E-state index contributed by atoms with van der Waals surface area (Å²) in [6.45, 7) is 8.41. The van der Waals surface area contributed by atoms with Crippen molar-refractivity contribution in [1.82, 2.24) is 0 Å². The van der Waals surface area contributed by atoms with Gasteiger partial charge in [0.1, 0.15) is 5.82 Å². The van der Waals surface area contributed by atoms with Crippen LogP contribution < -0.4 is 0 Å². The van der Waals surface area contributed by atoms with Gasteiger partial charge in [0.25, 0.3) is 0 Å². The third-order valence-electron chi connectivity index (χ3n) is 4.60. The van der Waals surface area contributed by atoms with Crippen LogP contribution in [0.1, 0.15) is 52.6 Å². The summed E-state index contributed by atoms with van der Waals surface area (Å²) in [5.41, 5.74) is 6.54. The highest BCUT2D eigenvalue weighted by Gasteiger charge is 2.35. The monoisotopic (exact) mass is 292 g/mol. The van der Waals surface area contributed by atoms with Crippen molar-refractivity contribution in [2.75, 3.05) is 0 Å². The lowest BCUT2D eigenvalue weighted by Gasteiger charge is -2.10. The Hall–Kier alpha value is -2.07. The van der Waals surface area contributed by atoms with Crippen molar-refractivity contribution in [3.8, 4) is 11.8 Å². The molecule has 1 saturated carbocycles. The summed E-state index contributed by atoms with van der Waals surface area (Å²) >= 11 is 0. The molecule has 22 heavy (non-hydrogen) atoms. The molecule has 1 aliphatic rings. The number of benzene rings is 2. The van der Waals surface area contributed by atoms with Crippen molar-refractivity contribution >= 4 is 0 Å². The highest BCUT2D eigenvalue weighted by molar-refractivity contribution is 5.50. The zero-order valence-corrected chi connectivity index (χ0v) is 13.6. The van der Waals surface area contributed by atoms with Gasteiger partial charge < -0.3 is 0 Å². The molecule has 0 spiro atoms. The Balaban J connectivity index is 1.90. The Bertz CT molecular complexity index is 766.